The molecular weight excluding hydrogens is 284 g/mol. The third-order valence-corrected chi connectivity index (χ3v) is 2.70. The maximum absolute atomic E-state index is 12.3. The molecule has 0 aliphatic rings. The lowest BCUT2D eigenvalue weighted by molar-refractivity contribution is -0.0501. The van der Waals surface area contributed by atoms with E-state index in [2.05, 4.69) is 15.2 Å². The predicted octanol–water partition coefficient (Wildman–Crippen LogP) is 1.93. The van der Waals surface area contributed by atoms with Gasteiger partial charge in [-0.2, -0.15) is 8.78 Å². The molecule has 1 rings (SSSR count). The predicted molar refractivity (Wildman–Crippen MR) is 72.6 cm³/mol. The first kappa shape index (κ1) is 16.7. The Kier molecular flexibility index (Phi) is 6.38. The van der Waals surface area contributed by atoms with E-state index in [1.54, 1.807) is 0 Å². The van der Waals surface area contributed by atoms with Crippen LogP contribution < -0.4 is 15.8 Å². The van der Waals surface area contributed by atoms with Crippen LogP contribution in [0.5, 0.6) is 5.75 Å². The maximum atomic E-state index is 12.3. The number of ether oxygens (including phenoxy) is 1. The molecule has 0 aliphatic carbocycles. The quantitative estimate of drug-likeness (QED) is 0.310. The first-order valence-electron chi connectivity index (χ1n) is 6.31. The first-order valence-corrected chi connectivity index (χ1v) is 6.31. The molecule has 21 heavy (non-hydrogen) atoms. The topological polar surface area (TPSA) is 96.9 Å². The Labute approximate surface area is 120 Å². The van der Waals surface area contributed by atoms with E-state index >= 15 is 0 Å². The second-order valence-corrected chi connectivity index (χ2v) is 4.21. The lowest BCUT2D eigenvalue weighted by atomic mass is 10.1. The van der Waals surface area contributed by atoms with E-state index in [4.69, 9.17) is 10.9 Å². The van der Waals surface area contributed by atoms with Crippen molar-refractivity contribution in [2.75, 3.05) is 0 Å². The summed E-state index contributed by atoms with van der Waals surface area (Å²) in [5.74, 6) is -1.03. The number of hydrogen-bond acceptors (Lipinski definition) is 4. The molecule has 0 aliphatic heterocycles. The summed E-state index contributed by atoms with van der Waals surface area (Å²) in [7, 11) is 0. The molecule has 1 aromatic rings. The lowest BCUT2D eigenvalue weighted by Crippen LogP contribution is -2.44. The number of carbonyl (C=O) groups is 1. The van der Waals surface area contributed by atoms with E-state index in [0.29, 0.717) is 12.8 Å². The van der Waals surface area contributed by atoms with Gasteiger partial charge < -0.3 is 21.0 Å². The van der Waals surface area contributed by atoms with Crippen LogP contribution in [0.15, 0.2) is 29.4 Å². The number of oxime groups is 1. The summed E-state index contributed by atoms with van der Waals surface area (Å²) in [6.07, 6.45) is 1.12. The van der Waals surface area contributed by atoms with E-state index in [-0.39, 0.29) is 17.1 Å². The van der Waals surface area contributed by atoms with Gasteiger partial charge in [0.1, 0.15) is 5.75 Å². The van der Waals surface area contributed by atoms with Gasteiger partial charge in [0.05, 0.1) is 11.6 Å². The molecule has 0 saturated carbocycles. The van der Waals surface area contributed by atoms with Crippen molar-refractivity contribution in [3.63, 3.8) is 0 Å². The van der Waals surface area contributed by atoms with E-state index in [1.165, 1.54) is 24.3 Å². The average Bonchev–Trinajstić information content (AvgIpc) is 2.45. The van der Waals surface area contributed by atoms with Gasteiger partial charge >= 0.3 is 6.61 Å². The summed E-state index contributed by atoms with van der Waals surface area (Å²) in [5.41, 5.74) is 5.43. The molecule has 0 heterocycles. The van der Waals surface area contributed by atoms with Gasteiger partial charge in [-0.05, 0) is 18.6 Å². The number of nitrogens with two attached hydrogens (primary N) is 1. The number of nitrogens with one attached hydrogen (secondary N) is 1. The van der Waals surface area contributed by atoms with Gasteiger partial charge in [-0.25, -0.2) is 0 Å². The van der Waals surface area contributed by atoms with Crippen molar-refractivity contribution in [1.82, 2.24) is 5.32 Å². The third kappa shape index (κ3) is 4.90. The van der Waals surface area contributed by atoms with Gasteiger partial charge in [0, 0.05) is 0 Å². The zero-order valence-electron chi connectivity index (χ0n) is 11.4. The molecule has 0 radical (unpaired) electrons. The van der Waals surface area contributed by atoms with E-state index < -0.39 is 18.6 Å². The Morgan fingerprint density at radius 3 is 2.71 bits per heavy atom. The molecule has 0 fully saturated rings. The van der Waals surface area contributed by atoms with Gasteiger partial charge in [-0.3, -0.25) is 4.79 Å². The van der Waals surface area contributed by atoms with Crippen LogP contribution in [0, 0.1) is 0 Å². The Hall–Kier alpha value is -2.38. The highest BCUT2D eigenvalue weighted by molar-refractivity contribution is 6.00. The molecule has 6 nitrogen and oxygen atoms in total. The van der Waals surface area contributed by atoms with Crippen molar-refractivity contribution in [3.05, 3.63) is 29.8 Å². The zero-order chi connectivity index (χ0) is 15.8. The van der Waals surface area contributed by atoms with Crippen LogP contribution in [0.1, 0.15) is 30.1 Å². The molecule has 4 N–H and O–H groups in total. The normalized spacial score (nSPS) is 13.0. The van der Waals surface area contributed by atoms with Crippen LogP contribution in [0.25, 0.3) is 0 Å². The number of alkyl halides is 2. The molecule has 0 bridgehead atoms. The van der Waals surface area contributed by atoms with Gasteiger partial charge in [-0.1, -0.05) is 30.6 Å². The van der Waals surface area contributed by atoms with Crippen molar-refractivity contribution >= 4 is 11.7 Å². The van der Waals surface area contributed by atoms with E-state index in [9.17, 15) is 13.6 Å². The number of hydrogen-bond donors (Lipinski definition) is 3. The number of halogens is 2. The summed E-state index contributed by atoms with van der Waals surface area (Å²) < 4.78 is 28.9. The van der Waals surface area contributed by atoms with Crippen molar-refractivity contribution in [3.8, 4) is 5.75 Å². The minimum absolute atomic E-state index is 0.0513. The second kappa shape index (κ2) is 8.03. The van der Waals surface area contributed by atoms with Crippen LogP contribution in [0.3, 0.4) is 0 Å². The fourth-order valence-corrected chi connectivity index (χ4v) is 1.74. The van der Waals surface area contributed by atoms with Crippen molar-refractivity contribution in [1.29, 1.82) is 0 Å². The van der Waals surface area contributed by atoms with Crippen LogP contribution in [0.4, 0.5) is 8.78 Å². The molecule has 1 atom stereocenters. The summed E-state index contributed by atoms with van der Waals surface area (Å²) in [6, 6.07) is 4.92. The zero-order valence-corrected chi connectivity index (χ0v) is 11.4. The Morgan fingerprint density at radius 2 is 2.14 bits per heavy atom. The van der Waals surface area contributed by atoms with Gasteiger partial charge in [0.2, 0.25) is 0 Å². The van der Waals surface area contributed by atoms with Gasteiger partial charge in [-0.15, -0.1) is 0 Å². The van der Waals surface area contributed by atoms with Gasteiger partial charge in [0.15, 0.2) is 5.84 Å². The molecule has 1 aromatic carbocycles. The second-order valence-electron chi connectivity index (χ2n) is 4.21. The fraction of sp³-hybridized carbons (Fsp3) is 0.385. The van der Waals surface area contributed by atoms with E-state index in [0.717, 1.165) is 0 Å². The molecule has 116 valence electrons. The molecule has 0 aromatic heterocycles. The fourth-order valence-electron chi connectivity index (χ4n) is 1.74. The van der Waals surface area contributed by atoms with Crippen molar-refractivity contribution < 1.29 is 23.5 Å². The highest BCUT2D eigenvalue weighted by Gasteiger charge is 2.20. The number of amides is 1. The standard InChI is InChI=1S/C13H17F2N3O3/c1-2-5-9(11(16)18-20)17-12(19)8-6-3-4-7-10(8)21-13(14)15/h3-4,6-7,9,13,20H,2,5H2,1H3,(H2,16,18)(H,17,19). The molecule has 1 unspecified atom stereocenters. The lowest BCUT2D eigenvalue weighted by Gasteiger charge is -2.17. The van der Waals surface area contributed by atoms with Gasteiger partial charge in [0.25, 0.3) is 5.91 Å². The monoisotopic (exact) mass is 301 g/mol. The van der Waals surface area contributed by atoms with Crippen LogP contribution in [-0.2, 0) is 0 Å². The minimum atomic E-state index is -3.03. The highest BCUT2D eigenvalue weighted by atomic mass is 19.3. The SMILES string of the molecule is CCCC(NC(=O)c1ccccc1OC(F)F)/C(N)=N/O. The summed E-state index contributed by atoms with van der Waals surface area (Å²) in [5, 5.41) is 14.0. The summed E-state index contributed by atoms with van der Waals surface area (Å²) >= 11 is 0. The number of para-hydroxylation sites is 1. The summed E-state index contributed by atoms with van der Waals surface area (Å²) in [6.45, 7) is -1.17. The number of benzene rings is 1. The molecule has 1 amide bonds. The number of amidine groups is 1. The van der Waals surface area contributed by atoms with Crippen LogP contribution in [-0.4, -0.2) is 29.6 Å². The molecule has 8 heteroatoms. The average molecular weight is 301 g/mol. The number of carbonyl (C=O) groups excluding carboxylic acids is 1. The molecule has 0 spiro atoms. The maximum Gasteiger partial charge on any atom is 0.387 e. The summed E-state index contributed by atoms with van der Waals surface area (Å²) in [4.78, 5) is 12.1. The number of nitrogens with zero attached hydrogens (tertiary/aromatic N) is 1. The van der Waals surface area contributed by atoms with Crippen LogP contribution >= 0.6 is 0 Å². The van der Waals surface area contributed by atoms with Crippen LogP contribution in [0.2, 0.25) is 0 Å². The smallest absolute Gasteiger partial charge is 0.387 e. The van der Waals surface area contributed by atoms with E-state index in [1.807, 2.05) is 6.92 Å². The first-order chi connectivity index (χ1) is 9.99. The Bertz CT molecular complexity index is 509. The minimum Gasteiger partial charge on any atom is -0.434 e. The van der Waals surface area contributed by atoms with Crippen molar-refractivity contribution in [2.24, 2.45) is 10.9 Å². The largest absolute Gasteiger partial charge is 0.434 e. The molecular formula is C13H17F2N3O3. The Balaban J connectivity index is 2.92. The Morgan fingerprint density at radius 1 is 1.48 bits per heavy atom. The third-order valence-electron chi connectivity index (χ3n) is 2.70. The molecule has 0 saturated heterocycles. The number of rotatable bonds is 7. The van der Waals surface area contributed by atoms with Crippen molar-refractivity contribution in [2.45, 2.75) is 32.4 Å². The highest BCUT2D eigenvalue weighted by Crippen LogP contribution is 2.20.